The van der Waals surface area contributed by atoms with Gasteiger partial charge >= 0.3 is 0 Å². The molecular weight excluding hydrogens is 260 g/mol. The summed E-state index contributed by atoms with van der Waals surface area (Å²) in [5.74, 6) is -0.206. The standard InChI is InChI=1S/C14H20N2O4/c1-10(17)7-8-16(2)14(19)11-3-5-12(6-4-11)20-9-13(15)18/h3-6,10,17H,7-9H2,1-2H3,(H2,15,18). The number of primary amides is 1. The van der Waals surface area contributed by atoms with Crippen LogP contribution in [0, 0.1) is 0 Å². The Bertz CT molecular complexity index is 457. The summed E-state index contributed by atoms with van der Waals surface area (Å²) < 4.78 is 5.11. The number of hydrogen-bond acceptors (Lipinski definition) is 4. The second kappa shape index (κ2) is 7.49. The first-order valence-corrected chi connectivity index (χ1v) is 6.35. The average molecular weight is 280 g/mol. The van der Waals surface area contributed by atoms with E-state index in [9.17, 15) is 14.7 Å². The summed E-state index contributed by atoms with van der Waals surface area (Å²) in [4.78, 5) is 24.2. The number of aliphatic hydroxyl groups is 1. The van der Waals surface area contributed by atoms with Gasteiger partial charge in [0.2, 0.25) is 0 Å². The molecule has 1 aromatic rings. The molecule has 2 amide bonds. The highest BCUT2D eigenvalue weighted by Gasteiger charge is 2.12. The van der Waals surface area contributed by atoms with Gasteiger partial charge in [0.25, 0.3) is 11.8 Å². The number of carbonyl (C=O) groups excluding carboxylic acids is 2. The van der Waals surface area contributed by atoms with Crippen LogP contribution in [0.2, 0.25) is 0 Å². The summed E-state index contributed by atoms with van der Waals surface area (Å²) in [6, 6.07) is 6.46. The Labute approximate surface area is 118 Å². The molecule has 0 saturated carbocycles. The fourth-order valence-electron chi connectivity index (χ4n) is 1.55. The maximum Gasteiger partial charge on any atom is 0.255 e. The Morgan fingerprint density at radius 1 is 1.35 bits per heavy atom. The monoisotopic (exact) mass is 280 g/mol. The predicted octanol–water partition coefficient (Wildman–Crippen LogP) is 0.394. The maximum absolute atomic E-state index is 12.1. The second-order valence-corrected chi connectivity index (χ2v) is 4.64. The smallest absolute Gasteiger partial charge is 0.255 e. The van der Waals surface area contributed by atoms with Crippen molar-refractivity contribution >= 4 is 11.8 Å². The van der Waals surface area contributed by atoms with Gasteiger partial charge in [0, 0.05) is 19.2 Å². The first-order chi connectivity index (χ1) is 9.40. The third-order valence-electron chi connectivity index (χ3n) is 2.71. The van der Waals surface area contributed by atoms with Gasteiger partial charge in [0.1, 0.15) is 5.75 Å². The molecule has 1 aromatic carbocycles. The molecule has 6 nitrogen and oxygen atoms in total. The Morgan fingerprint density at radius 3 is 2.45 bits per heavy atom. The number of aliphatic hydroxyl groups excluding tert-OH is 1. The third kappa shape index (κ3) is 5.27. The van der Waals surface area contributed by atoms with E-state index in [1.165, 1.54) is 0 Å². The van der Waals surface area contributed by atoms with Crippen LogP contribution in [0.25, 0.3) is 0 Å². The van der Waals surface area contributed by atoms with Crippen molar-refractivity contribution in [2.45, 2.75) is 19.4 Å². The van der Waals surface area contributed by atoms with E-state index in [0.29, 0.717) is 24.3 Å². The molecule has 20 heavy (non-hydrogen) atoms. The number of hydrogen-bond donors (Lipinski definition) is 2. The van der Waals surface area contributed by atoms with Crippen molar-refractivity contribution in [2.75, 3.05) is 20.2 Å². The molecular formula is C14H20N2O4. The van der Waals surface area contributed by atoms with Gasteiger partial charge < -0.3 is 20.5 Å². The lowest BCUT2D eigenvalue weighted by Gasteiger charge is -2.18. The number of rotatable bonds is 7. The van der Waals surface area contributed by atoms with Crippen LogP contribution in [-0.4, -0.2) is 48.1 Å². The molecule has 1 rings (SSSR count). The summed E-state index contributed by atoms with van der Waals surface area (Å²) in [5, 5.41) is 9.20. The third-order valence-corrected chi connectivity index (χ3v) is 2.71. The number of ether oxygens (including phenoxy) is 1. The molecule has 110 valence electrons. The predicted molar refractivity (Wildman–Crippen MR) is 74.4 cm³/mol. The van der Waals surface area contributed by atoms with E-state index in [1.807, 2.05) is 0 Å². The number of carbonyl (C=O) groups is 2. The van der Waals surface area contributed by atoms with Crippen LogP contribution >= 0.6 is 0 Å². The van der Waals surface area contributed by atoms with Gasteiger partial charge in [-0.3, -0.25) is 9.59 Å². The summed E-state index contributed by atoms with van der Waals surface area (Å²) in [6.45, 7) is 1.97. The molecule has 1 atom stereocenters. The lowest BCUT2D eigenvalue weighted by molar-refractivity contribution is -0.119. The minimum absolute atomic E-state index is 0.132. The zero-order valence-corrected chi connectivity index (χ0v) is 11.7. The zero-order valence-electron chi connectivity index (χ0n) is 11.7. The summed E-state index contributed by atoms with van der Waals surface area (Å²) in [7, 11) is 1.68. The molecule has 0 aromatic heterocycles. The molecule has 6 heteroatoms. The first kappa shape index (κ1) is 16.0. The van der Waals surface area contributed by atoms with Crippen LogP contribution in [0.15, 0.2) is 24.3 Å². The van der Waals surface area contributed by atoms with Crippen LogP contribution in [0.3, 0.4) is 0 Å². The Morgan fingerprint density at radius 2 is 1.95 bits per heavy atom. The van der Waals surface area contributed by atoms with Crippen molar-refractivity contribution in [2.24, 2.45) is 5.73 Å². The quantitative estimate of drug-likeness (QED) is 0.755. The van der Waals surface area contributed by atoms with E-state index in [-0.39, 0.29) is 12.5 Å². The lowest BCUT2D eigenvalue weighted by atomic mass is 10.2. The van der Waals surface area contributed by atoms with E-state index in [0.717, 1.165) is 0 Å². The summed E-state index contributed by atoms with van der Waals surface area (Å²) >= 11 is 0. The van der Waals surface area contributed by atoms with Crippen molar-refractivity contribution in [1.29, 1.82) is 0 Å². The SMILES string of the molecule is CC(O)CCN(C)C(=O)c1ccc(OCC(N)=O)cc1. The molecule has 0 heterocycles. The van der Waals surface area contributed by atoms with Crippen LogP contribution in [-0.2, 0) is 4.79 Å². The van der Waals surface area contributed by atoms with Gasteiger partial charge in [-0.1, -0.05) is 0 Å². The van der Waals surface area contributed by atoms with E-state index in [2.05, 4.69) is 0 Å². The van der Waals surface area contributed by atoms with Crippen LogP contribution in [0.1, 0.15) is 23.7 Å². The highest BCUT2D eigenvalue weighted by Crippen LogP contribution is 2.13. The molecule has 0 aliphatic heterocycles. The number of nitrogens with zero attached hydrogens (tertiary/aromatic N) is 1. The molecule has 3 N–H and O–H groups in total. The first-order valence-electron chi connectivity index (χ1n) is 6.35. The molecule has 0 radical (unpaired) electrons. The Kier molecular flexibility index (Phi) is 5.99. The topological polar surface area (TPSA) is 92.9 Å². The number of nitrogens with two attached hydrogens (primary N) is 1. The van der Waals surface area contributed by atoms with Crippen LogP contribution in [0.5, 0.6) is 5.75 Å². The van der Waals surface area contributed by atoms with Gasteiger partial charge in [0.05, 0.1) is 6.10 Å². The van der Waals surface area contributed by atoms with Crippen molar-refractivity contribution in [3.05, 3.63) is 29.8 Å². The summed E-state index contributed by atoms with van der Waals surface area (Å²) in [6.07, 6.45) is 0.0945. The van der Waals surface area contributed by atoms with Gasteiger partial charge in [-0.05, 0) is 37.6 Å². The van der Waals surface area contributed by atoms with E-state index >= 15 is 0 Å². The van der Waals surface area contributed by atoms with Gasteiger partial charge in [0.15, 0.2) is 6.61 Å². The van der Waals surface area contributed by atoms with E-state index < -0.39 is 12.0 Å². The minimum Gasteiger partial charge on any atom is -0.484 e. The molecule has 0 aliphatic rings. The largest absolute Gasteiger partial charge is 0.484 e. The summed E-state index contributed by atoms with van der Waals surface area (Å²) in [5.41, 5.74) is 5.49. The van der Waals surface area contributed by atoms with Crippen molar-refractivity contribution in [3.8, 4) is 5.75 Å². The van der Waals surface area contributed by atoms with E-state index in [4.69, 9.17) is 10.5 Å². The van der Waals surface area contributed by atoms with Crippen LogP contribution in [0.4, 0.5) is 0 Å². The Balaban J connectivity index is 2.58. The molecule has 0 spiro atoms. The van der Waals surface area contributed by atoms with Crippen molar-refractivity contribution in [1.82, 2.24) is 4.90 Å². The van der Waals surface area contributed by atoms with Crippen molar-refractivity contribution < 1.29 is 19.4 Å². The minimum atomic E-state index is -0.553. The maximum atomic E-state index is 12.1. The van der Waals surface area contributed by atoms with Crippen molar-refractivity contribution in [3.63, 3.8) is 0 Å². The molecule has 0 aliphatic carbocycles. The second-order valence-electron chi connectivity index (χ2n) is 4.64. The fraction of sp³-hybridized carbons (Fsp3) is 0.429. The normalized spacial score (nSPS) is 11.8. The van der Waals surface area contributed by atoms with Crippen LogP contribution < -0.4 is 10.5 Å². The van der Waals surface area contributed by atoms with Gasteiger partial charge in [-0.15, -0.1) is 0 Å². The molecule has 0 fully saturated rings. The lowest BCUT2D eigenvalue weighted by Crippen LogP contribution is -2.29. The average Bonchev–Trinajstić information content (AvgIpc) is 2.42. The highest BCUT2D eigenvalue weighted by molar-refractivity contribution is 5.94. The zero-order chi connectivity index (χ0) is 15.1. The molecule has 0 saturated heterocycles. The van der Waals surface area contributed by atoms with Gasteiger partial charge in [-0.2, -0.15) is 0 Å². The molecule has 0 bridgehead atoms. The highest BCUT2D eigenvalue weighted by atomic mass is 16.5. The molecule has 1 unspecified atom stereocenters. The number of amides is 2. The van der Waals surface area contributed by atoms with E-state index in [1.54, 1.807) is 43.1 Å². The Hall–Kier alpha value is -2.08. The number of benzene rings is 1. The fourth-order valence-corrected chi connectivity index (χ4v) is 1.55. The van der Waals surface area contributed by atoms with Gasteiger partial charge in [-0.25, -0.2) is 0 Å².